The first kappa shape index (κ1) is 14.7. The van der Waals surface area contributed by atoms with Crippen molar-refractivity contribution < 1.29 is 4.74 Å². The maximum Gasteiger partial charge on any atom is 0.169 e. The predicted octanol–water partition coefficient (Wildman–Crippen LogP) is 0.923. The maximum atomic E-state index is 5.38. The summed E-state index contributed by atoms with van der Waals surface area (Å²) in [4.78, 5) is 4.76. The van der Waals surface area contributed by atoms with Crippen LogP contribution < -0.4 is 5.32 Å². The van der Waals surface area contributed by atoms with E-state index >= 15 is 0 Å². The van der Waals surface area contributed by atoms with Gasteiger partial charge in [0.1, 0.15) is 0 Å². The zero-order chi connectivity index (χ0) is 12.7. The molecule has 5 heteroatoms. The lowest BCUT2D eigenvalue weighted by molar-refractivity contribution is 0.148. The number of methoxy groups -OCH3 is 1. The topological polar surface area (TPSA) is 27.7 Å². The number of piperazine rings is 1. The fraction of sp³-hybridized carbons (Fsp3) is 0.917. The van der Waals surface area contributed by atoms with Crippen LogP contribution >= 0.6 is 12.2 Å². The third kappa shape index (κ3) is 5.19. The summed E-state index contributed by atoms with van der Waals surface area (Å²) in [6, 6.07) is 0.639. The Morgan fingerprint density at radius 2 is 1.94 bits per heavy atom. The number of nitrogens with one attached hydrogen (secondary N) is 1. The molecule has 0 amide bonds. The second-order valence-electron chi connectivity index (χ2n) is 4.70. The maximum absolute atomic E-state index is 5.38. The van der Waals surface area contributed by atoms with Gasteiger partial charge < -0.3 is 15.0 Å². The molecule has 0 aromatic rings. The number of hydrogen-bond acceptors (Lipinski definition) is 3. The third-order valence-electron chi connectivity index (χ3n) is 3.13. The molecule has 1 rings (SSSR count). The van der Waals surface area contributed by atoms with Gasteiger partial charge in [0.15, 0.2) is 5.11 Å². The molecule has 0 bridgehead atoms. The van der Waals surface area contributed by atoms with Crippen LogP contribution in [-0.4, -0.2) is 67.4 Å². The van der Waals surface area contributed by atoms with E-state index in [9.17, 15) is 0 Å². The Morgan fingerprint density at radius 3 is 2.47 bits per heavy atom. The van der Waals surface area contributed by atoms with Crippen molar-refractivity contribution in [2.24, 2.45) is 0 Å². The van der Waals surface area contributed by atoms with Crippen molar-refractivity contribution in [1.82, 2.24) is 15.1 Å². The van der Waals surface area contributed by atoms with Crippen molar-refractivity contribution in [1.29, 1.82) is 0 Å². The Balaban J connectivity index is 2.17. The fourth-order valence-corrected chi connectivity index (χ4v) is 2.25. The summed E-state index contributed by atoms with van der Waals surface area (Å²) in [6.07, 6.45) is 1.00. The monoisotopic (exact) mass is 259 g/mol. The van der Waals surface area contributed by atoms with Gasteiger partial charge in [-0.15, -0.1) is 0 Å². The standard InChI is InChI=1S/C12H25N3OS/c1-11(2)14-6-8-15(9-7-14)12(17)13-5-4-10-16-3/h11H,4-10H2,1-3H3,(H,13,17). The van der Waals surface area contributed by atoms with Crippen molar-refractivity contribution in [2.75, 3.05) is 46.4 Å². The highest BCUT2D eigenvalue weighted by Gasteiger charge is 2.19. The Labute approximate surface area is 110 Å². The summed E-state index contributed by atoms with van der Waals surface area (Å²) >= 11 is 5.38. The van der Waals surface area contributed by atoms with Crippen molar-refractivity contribution in [3.05, 3.63) is 0 Å². The van der Waals surface area contributed by atoms with Crippen LogP contribution in [0.4, 0.5) is 0 Å². The molecule has 1 heterocycles. The zero-order valence-corrected chi connectivity index (χ0v) is 12.1. The molecule has 17 heavy (non-hydrogen) atoms. The van der Waals surface area contributed by atoms with Crippen molar-refractivity contribution in [3.8, 4) is 0 Å². The highest BCUT2D eigenvalue weighted by molar-refractivity contribution is 7.80. The average molecular weight is 259 g/mol. The fourth-order valence-electron chi connectivity index (χ4n) is 1.97. The van der Waals surface area contributed by atoms with Gasteiger partial charge in [-0.25, -0.2) is 0 Å². The zero-order valence-electron chi connectivity index (χ0n) is 11.2. The minimum atomic E-state index is 0.639. The average Bonchev–Trinajstić information content (AvgIpc) is 2.34. The van der Waals surface area contributed by atoms with Crippen molar-refractivity contribution >= 4 is 17.3 Å². The molecule has 1 aliphatic heterocycles. The molecular formula is C12H25N3OS. The Hall–Kier alpha value is -0.390. The highest BCUT2D eigenvalue weighted by atomic mass is 32.1. The number of ether oxygens (including phenoxy) is 1. The lowest BCUT2D eigenvalue weighted by Crippen LogP contribution is -2.53. The van der Waals surface area contributed by atoms with E-state index in [1.165, 1.54) is 0 Å². The molecule has 1 saturated heterocycles. The van der Waals surface area contributed by atoms with Crippen LogP contribution in [0, 0.1) is 0 Å². The second-order valence-corrected chi connectivity index (χ2v) is 5.08. The third-order valence-corrected chi connectivity index (χ3v) is 3.54. The number of rotatable bonds is 5. The van der Waals surface area contributed by atoms with Gasteiger partial charge in [-0.1, -0.05) is 0 Å². The van der Waals surface area contributed by atoms with Gasteiger partial charge in [0, 0.05) is 52.5 Å². The quantitative estimate of drug-likeness (QED) is 0.585. The molecule has 100 valence electrons. The van der Waals surface area contributed by atoms with Gasteiger partial charge in [0.25, 0.3) is 0 Å². The van der Waals surface area contributed by atoms with Crippen LogP contribution in [0.15, 0.2) is 0 Å². The minimum absolute atomic E-state index is 0.639. The first-order chi connectivity index (χ1) is 8.15. The van der Waals surface area contributed by atoms with E-state index in [1.807, 2.05) is 0 Å². The number of thiocarbonyl (C=S) groups is 1. The minimum Gasteiger partial charge on any atom is -0.385 e. The van der Waals surface area contributed by atoms with Crippen molar-refractivity contribution in [2.45, 2.75) is 26.3 Å². The molecule has 0 saturated carbocycles. The van der Waals surface area contributed by atoms with Crippen LogP contribution in [0.2, 0.25) is 0 Å². The first-order valence-corrected chi connectivity index (χ1v) is 6.81. The van der Waals surface area contributed by atoms with E-state index in [0.29, 0.717) is 6.04 Å². The van der Waals surface area contributed by atoms with Gasteiger partial charge in [0.05, 0.1) is 0 Å². The SMILES string of the molecule is COCCCNC(=S)N1CCN(C(C)C)CC1. The van der Waals surface area contributed by atoms with E-state index in [4.69, 9.17) is 17.0 Å². The molecule has 0 aromatic carbocycles. The number of hydrogen-bond donors (Lipinski definition) is 1. The summed E-state index contributed by atoms with van der Waals surface area (Å²) in [7, 11) is 1.73. The molecule has 0 atom stereocenters. The summed E-state index contributed by atoms with van der Waals surface area (Å²) in [5.74, 6) is 0. The predicted molar refractivity (Wildman–Crippen MR) is 75.4 cm³/mol. The van der Waals surface area contributed by atoms with Crippen LogP contribution in [0.3, 0.4) is 0 Å². The Morgan fingerprint density at radius 1 is 1.29 bits per heavy atom. The molecule has 0 aliphatic carbocycles. The van der Waals surface area contributed by atoms with E-state index in [1.54, 1.807) is 7.11 Å². The van der Waals surface area contributed by atoms with E-state index < -0.39 is 0 Å². The molecule has 1 N–H and O–H groups in total. The van der Waals surface area contributed by atoms with Gasteiger partial charge in [-0.3, -0.25) is 4.90 Å². The summed E-state index contributed by atoms with van der Waals surface area (Å²) in [5.41, 5.74) is 0. The van der Waals surface area contributed by atoms with Crippen LogP contribution in [0.1, 0.15) is 20.3 Å². The molecule has 1 aliphatic rings. The van der Waals surface area contributed by atoms with Crippen molar-refractivity contribution in [3.63, 3.8) is 0 Å². The molecule has 0 unspecified atom stereocenters. The Bertz CT molecular complexity index is 228. The molecule has 0 radical (unpaired) electrons. The molecular weight excluding hydrogens is 234 g/mol. The smallest absolute Gasteiger partial charge is 0.169 e. The van der Waals surface area contributed by atoms with E-state index in [2.05, 4.69) is 29.0 Å². The largest absolute Gasteiger partial charge is 0.385 e. The summed E-state index contributed by atoms with van der Waals surface area (Å²) in [6.45, 7) is 10.5. The second kappa shape index (κ2) is 7.84. The van der Waals surface area contributed by atoms with Crippen LogP contribution in [0.25, 0.3) is 0 Å². The van der Waals surface area contributed by atoms with Gasteiger partial charge in [-0.05, 0) is 32.5 Å². The highest BCUT2D eigenvalue weighted by Crippen LogP contribution is 2.05. The summed E-state index contributed by atoms with van der Waals surface area (Å²) in [5, 5.41) is 4.18. The lowest BCUT2D eigenvalue weighted by atomic mass is 10.2. The molecule has 0 aromatic heterocycles. The molecule has 0 spiro atoms. The first-order valence-electron chi connectivity index (χ1n) is 6.41. The summed E-state index contributed by atoms with van der Waals surface area (Å²) < 4.78 is 5.01. The molecule has 4 nitrogen and oxygen atoms in total. The molecule has 1 fully saturated rings. The van der Waals surface area contributed by atoms with Crippen LogP contribution in [0.5, 0.6) is 0 Å². The van der Waals surface area contributed by atoms with E-state index in [0.717, 1.165) is 50.9 Å². The Kier molecular flexibility index (Phi) is 6.77. The lowest BCUT2D eigenvalue weighted by Gasteiger charge is -2.38. The van der Waals surface area contributed by atoms with Gasteiger partial charge in [0.2, 0.25) is 0 Å². The van der Waals surface area contributed by atoms with E-state index in [-0.39, 0.29) is 0 Å². The van der Waals surface area contributed by atoms with Gasteiger partial charge >= 0.3 is 0 Å². The number of nitrogens with zero attached hydrogens (tertiary/aromatic N) is 2. The normalized spacial score (nSPS) is 17.5. The van der Waals surface area contributed by atoms with Crippen LogP contribution in [-0.2, 0) is 4.74 Å². The van der Waals surface area contributed by atoms with Gasteiger partial charge in [-0.2, -0.15) is 0 Å².